The van der Waals surface area contributed by atoms with E-state index in [1.54, 1.807) is 42.5 Å². The van der Waals surface area contributed by atoms with Gasteiger partial charge in [-0.3, -0.25) is 5.32 Å². The number of rotatable bonds is 6. The maximum Gasteiger partial charge on any atom is 0.417 e. The number of benzene rings is 3. The maximum atomic E-state index is 12.5. The summed E-state index contributed by atoms with van der Waals surface area (Å²) in [5.41, 5.74) is 3.63. The van der Waals surface area contributed by atoms with Crippen LogP contribution >= 0.6 is 23.2 Å². The monoisotopic (exact) mass is 524 g/mol. The number of carbonyl (C=O) groups excluding carboxylic acids is 1. The maximum absolute atomic E-state index is 12.5. The zero-order valence-corrected chi connectivity index (χ0v) is 21.5. The average molecular weight is 525 g/mol. The molecular weight excluding hydrogens is 499 g/mol. The predicted molar refractivity (Wildman–Crippen MR) is 144 cm³/mol. The van der Waals surface area contributed by atoms with Crippen molar-refractivity contribution in [2.75, 3.05) is 43.9 Å². The number of hydrogen-bond donors (Lipinski definition) is 1. The largest absolute Gasteiger partial charge is 0.423 e. The highest BCUT2D eigenvalue weighted by atomic mass is 35.5. The summed E-state index contributed by atoms with van der Waals surface area (Å²) >= 11 is 12.3. The van der Waals surface area contributed by atoms with E-state index >= 15 is 0 Å². The highest BCUT2D eigenvalue weighted by molar-refractivity contribution is 6.36. The number of carbonyl (C=O) groups is 1. The van der Waals surface area contributed by atoms with E-state index in [2.05, 4.69) is 22.2 Å². The van der Waals surface area contributed by atoms with Gasteiger partial charge in [-0.15, -0.1) is 0 Å². The van der Waals surface area contributed by atoms with Crippen LogP contribution in [0.3, 0.4) is 0 Å². The Bertz CT molecular complexity index is 1390. The van der Waals surface area contributed by atoms with Crippen molar-refractivity contribution in [2.24, 2.45) is 5.92 Å². The van der Waals surface area contributed by atoms with Gasteiger partial charge in [-0.2, -0.15) is 4.98 Å². The highest BCUT2D eigenvalue weighted by Crippen LogP contribution is 2.31. The third-order valence-corrected chi connectivity index (χ3v) is 6.83. The molecule has 1 aliphatic rings. The molecule has 9 heteroatoms. The minimum atomic E-state index is -0.599. The quantitative estimate of drug-likeness (QED) is 0.299. The van der Waals surface area contributed by atoms with Crippen LogP contribution in [0.4, 0.5) is 16.5 Å². The number of aromatic nitrogens is 1. The Morgan fingerprint density at radius 3 is 2.69 bits per heavy atom. The lowest BCUT2D eigenvalue weighted by molar-refractivity contribution is 0.215. The van der Waals surface area contributed by atoms with E-state index in [-0.39, 0.29) is 0 Å². The van der Waals surface area contributed by atoms with Crippen molar-refractivity contribution >= 4 is 52.1 Å². The van der Waals surface area contributed by atoms with Gasteiger partial charge in [-0.05, 0) is 74.0 Å². The first kappa shape index (κ1) is 24.4. The van der Waals surface area contributed by atoms with Crippen LogP contribution in [0, 0.1) is 5.92 Å². The second-order valence-corrected chi connectivity index (χ2v) is 9.98. The van der Waals surface area contributed by atoms with Gasteiger partial charge in [0.15, 0.2) is 5.58 Å². The van der Waals surface area contributed by atoms with Gasteiger partial charge in [0.25, 0.3) is 6.01 Å². The number of anilines is 2. The van der Waals surface area contributed by atoms with Gasteiger partial charge < -0.3 is 19.0 Å². The van der Waals surface area contributed by atoms with Gasteiger partial charge in [0, 0.05) is 41.4 Å². The number of hydrogen-bond acceptors (Lipinski definition) is 6. The normalized spacial score (nSPS) is 15.8. The Kier molecular flexibility index (Phi) is 7.05. The molecule has 1 aromatic heterocycles. The summed E-state index contributed by atoms with van der Waals surface area (Å²) in [5, 5.41) is 3.88. The van der Waals surface area contributed by atoms with Crippen LogP contribution in [0.1, 0.15) is 6.42 Å². The SMILES string of the molecule is CN1CCC(CN(C)c2nc3cc(NC(=O)Oc4ccc(-c5ccc(Cl)cc5Cl)cc4)ccc3o2)C1. The Labute approximate surface area is 219 Å². The van der Waals surface area contributed by atoms with Gasteiger partial charge in [0.2, 0.25) is 0 Å². The number of nitrogens with one attached hydrogen (secondary N) is 1. The van der Waals surface area contributed by atoms with Crippen LogP contribution in [-0.4, -0.2) is 49.7 Å². The van der Waals surface area contributed by atoms with Crippen LogP contribution < -0.4 is 15.0 Å². The van der Waals surface area contributed by atoms with Crippen molar-refractivity contribution in [3.8, 4) is 16.9 Å². The number of nitrogens with zero attached hydrogens (tertiary/aromatic N) is 3. The van der Waals surface area contributed by atoms with Crippen molar-refractivity contribution < 1.29 is 13.9 Å². The molecule has 0 bridgehead atoms. The third kappa shape index (κ3) is 5.59. The smallest absolute Gasteiger partial charge is 0.417 e. The van der Waals surface area contributed by atoms with E-state index in [9.17, 15) is 4.79 Å². The second-order valence-electron chi connectivity index (χ2n) is 9.14. The molecule has 0 spiro atoms. The summed E-state index contributed by atoms with van der Waals surface area (Å²) in [6, 6.07) is 18.3. The number of ether oxygens (including phenoxy) is 1. The summed E-state index contributed by atoms with van der Waals surface area (Å²) in [5.74, 6) is 1.00. The standard InChI is InChI=1S/C27H26Cl2N4O3/c1-32-12-11-17(15-32)16-33(2)26-31-24-14-20(6-10-25(24)36-26)30-27(34)35-21-7-3-18(4-8-21)22-9-5-19(28)13-23(22)29/h3-10,13-14,17H,11-12,15-16H2,1-2H3,(H,30,34). The molecule has 186 valence electrons. The number of amides is 1. The molecule has 1 aliphatic heterocycles. The number of likely N-dealkylation sites (tertiary alicyclic amines) is 1. The molecule has 1 fully saturated rings. The fraction of sp³-hybridized carbons (Fsp3) is 0.259. The van der Waals surface area contributed by atoms with Crippen LogP contribution in [0.5, 0.6) is 5.75 Å². The van der Waals surface area contributed by atoms with Gasteiger partial charge in [0.1, 0.15) is 11.3 Å². The molecule has 2 heterocycles. The molecule has 4 aromatic rings. The van der Waals surface area contributed by atoms with Crippen molar-refractivity contribution in [1.82, 2.24) is 9.88 Å². The number of oxazole rings is 1. The first-order valence-corrected chi connectivity index (χ1v) is 12.4. The van der Waals surface area contributed by atoms with E-state index in [1.165, 1.54) is 6.42 Å². The molecular formula is C27H26Cl2N4O3. The fourth-order valence-corrected chi connectivity index (χ4v) is 4.99. The van der Waals surface area contributed by atoms with E-state index in [1.807, 2.05) is 30.1 Å². The van der Waals surface area contributed by atoms with E-state index in [0.717, 1.165) is 30.8 Å². The van der Waals surface area contributed by atoms with Gasteiger partial charge in [0.05, 0.1) is 0 Å². The molecule has 36 heavy (non-hydrogen) atoms. The lowest BCUT2D eigenvalue weighted by atomic mass is 10.1. The van der Waals surface area contributed by atoms with E-state index < -0.39 is 6.09 Å². The first-order chi connectivity index (χ1) is 17.3. The first-order valence-electron chi connectivity index (χ1n) is 11.7. The van der Waals surface area contributed by atoms with Crippen LogP contribution in [0.25, 0.3) is 22.2 Å². The molecule has 1 atom stereocenters. The minimum absolute atomic E-state index is 0.408. The average Bonchev–Trinajstić information content (AvgIpc) is 3.45. The molecule has 0 aliphatic carbocycles. The molecule has 7 nitrogen and oxygen atoms in total. The molecule has 0 saturated carbocycles. The summed E-state index contributed by atoms with van der Waals surface area (Å²) in [4.78, 5) is 21.5. The van der Waals surface area contributed by atoms with Gasteiger partial charge >= 0.3 is 6.09 Å². The van der Waals surface area contributed by atoms with Crippen molar-refractivity contribution in [1.29, 1.82) is 0 Å². The second kappa shape index (κ2) is 10.4. The van der Waals surface area contributed by atoms with E-state index in [4.69, 9.17) is 32.4 Å². The highest BCUT2D eigenvalue weighted by Gasteiger charge is 2.22. The third-order valence-electron chi connectivity index (χ3n) is 6.28. The Morgan fingerprint density at radius 1 is 1.17 bits per heavy atom. The Balaban J connectivity index is 1.21. The van der Waals surface area contributed by atoms with Gasteiger partial charge in [-0.25, -0.2) is 4.79 Å². The lowest BCUT2D eigenvalue weighted by Gasteiger charge is -2.18. The van der Waals surface area contributed by atoms with Crippen molar-refractivity contribution in [2.45, 2.75) is 6.42 Å². The summed E-state index contributed by atoms with van der Waals surface area (Å²) in [7, 11) is 4.14. The topological polar surface area (TPSA) is 70.8 Å². The predicted octanol–water partition coefficient (Wildman–Crippen LogP) is 6.80. The molecule has 1 saturated heterocycles. The zero-order valence-electron chi connectivity index (χ0n) is 20.0. The van der Waals surface area contributed by atoms with Crippen molar-refractivity contribution in [3.63, 3.8) is 0 Å². The molecule has 1 unspecified atom stereocenters. The van der Waals surface area contributed by atoms with Crippen LogP contribution in [0.15, 0.2) is 65.1 Å². The summed E-state index contributed by atoms with van der Waals surface area (Å²) < 4.78 is 11.4. The van der Waals surface area contributed by atoms with Gasteiger partial charge in [-0.1, -0.05) is 41.4 Å². The minimum Gasteiger partial charge on any atom is -0.423 e. The van der Waals surface area contributed by atoms with Crippen LogP contribution in [0.2, 0.25) is 10.0 Å². The lowest BCUT2D eigenvalue weighted by Crippen LogP contribution is -2.27. The van der Waals surface area contributed by atoms with E-state index in [0.29, 0.717) is 44.5 Å². The Morgan fingerprint density at radius 2 is 1.97 bits per heavy atom. The molecule has 1 N–H and O–H groups in total. The summed E-state index contributed by atoms with van der Waals surface area (Å²) in [6.45, 7) is 3.09. The number of halogens is 2. The zero-order chi connectivity index (χ0) is 25.2. The molecule has 1 amide bonds. The Hall–Kier alpha value is -3.26. The molecule has 3 aromatic carbocycles. The molecule has 0 radical (unpaired) electrons. The van der Waals surface area contributed by atoms with Crippen molar-refractivity contribution in [3.05, 3.63) is 70.7 Å². The van der Waals surface area contributed by atoms with Crippen LogP contribution in [-0.2, 0) is 0 Å². The summed E-state index contributed by atoms with van der Waals surface area (Å²) in [6.07, 6.45) is 0.576. The molecule has 5 rings (SSSR count). The number of fused-ring (bicyclic) bond motifs is 1. The fourth-order valence-electron chi connectivity index (χ4n) is 4.47.